The van der Waals surface area contributed by atoms with Crippen LogP contribution in [0.1, 0.15) is 36.7 Å². The average Bonchev–Trinajstić information content (AvgIpc) is 3.26. The molecule has 2 atom stereocenters. The van der Waals surface area contributed by atoms with Crippen molar-refractivity contribution in [3.63, 3.8) is 0 Å². The molecule has 2 aliphatic heterocycles. The van der Waals surface area contributed by atoms with Gasteiger partial charge in [-0.3, -0.25) is 4.57 Å². The third kappa shape index (κ3) is 2.52. The Hall–Kier alpha value is -2.27. The number of hydrogen-bond donors (Lipinski definition) is 1. The molecule has 3 heterocycles. The van der Waals surface area contributed by atoms with Gasteiger partial charge in [0.05, 0.1) is 29.1 Å². The topological polar surface area (TPSA) is 84.5 Å². The number of fused-ring (bicyclic) bond motifs is 5. The van der Waals surface area contributed by atoms with Crippen molar-refractivity contribution in [2.45, 2.75) is 31.6 Å². The number of nitrogens with zero attached hydrogens (tertiary/aromatic N) is 3. The molecule has 0 unspecified atom stereocenters. The SMILES string of the molecule is CCS(=O)(=O)N1C[C@@H]2C[C@H]1c1c(O)n(-c3cccc(C(F)(F)F)c3)c(=O)n12. The second-order valence-electron chi connectivity index (χ2n) is 6.62. The van der Waals surface area contributed by atoms with Crippen LogP contribution in [0.2, 0.25) is 0 Å². The molecule has 146 valence electrons. The Labute approximate surface area is 152 Å². The summed E-state index contributed by atoms with van der Waals surface area (Å²) >= 11 is 0. The molecular weight excluding hydrogens is 387 g/mol. The zero-order valence-corrected chi connectivity index (χ0v) is 15.0. The Morgan fingerprint density at radius 3 is 2.63 bits per heavy atom. The summed E-state index contributed by atoms with van der Waals surface area (Å²) in [6.45, 7) is 1.61. The summed E-state index contributed by atoms with van der Waals surface area (Å²) < 4.78 is 66.8. The summed E-state index contributed by atoms with van der Waals surface area (Å²) in [5.41, 5.74) is -1.62. The highest BCUT2D eigenvalue weighted by molar-refractivity contribution is 7.89. The fourth-order valence-corrected chi connectivity index (χ4v) is 5.24. The molecular formula is C16H16F3N3O4S. The Kier molecular flexibility index (Phi) is 3.77. The van der Waals surface area contributed by atoms with Crippen molar-refractivity contribution >= 4 is 10.0 Å². The number of imidazole rings is 1. The fourth-order valence-electron chi connectivity index (χ4n) is 3.93. The zero-order valence-electron chi connectivity index (χ0n) is 14.1. The fraction of sp³-hybridized carbons (Fsp3) is 0.438. The van der Waals surface area contributed by atoms with Crippen LogP contribution in [0.15, 0.2) is 29.1 Å². The van der Waals surface area contributed by atoms with Crippen LogP contribution in [0.25, 0.3) is 5.69 Å². The highest BCUT2D eigenvalue weighted by Gasteiger charge is 2.51. The summed E-state index contributed by atoms with van der Waals surface area (Å²) in [6, 6.07) is 2.94. The second-order valence-corrected chi connectivity index (χ2v) is 8.83. The number of aromatic nitrogens is 2. The maximum atomic E-state index is 13.0. The maximum Gasteiger partial charge on any atom is 0.416 e. The Balaban J connectivity index is 1.86. The number of alkyl halides is 3. The van der Waals surface area contributed by atoms with Crippen molar-refractivity contribution in [1.29, 1.82) is 0 Å². The monoisotopic (exact) mass is 403 g/mol. The third-order valence-corrected chi connectivity index (χ3v) is 7.01. The molecule has 1 aromatic carbocycles. The standard InChI is InChI=1S/C16H16F3N3O4S/c1-2-27(25,26)20-8-11-7-12(20)13-14(23)22(15(24)21(11)13)10-5-3-4-9(6-10)16(17,18)19/h3-6,11-12,23H,2,7-8H2,1H3/t11-,12-/m0/s1. The number of halogens is 3. The van der Waals surface area contributed by atoms with E-state index in [4.69, 9.17) is 0 Å². The molecule has 2 bridgehead atoms. The van der Waals surface area contributed by atoms with Crippen molar-refractivity contribution in [1.82, 2.24) is 13.4 Å². The van der Waals surface area contributed by atoms with Crippen LogP contribution in [-0.2, 0) is 16.2 Å². The summed E-state index contributed by atoms with van der Waals surface area (Å²) in [5, 5.41) is 10.6. The molecule has 2 aliphatic rings. The molecule has 1 fully saturated rings. The van der Waals surface area contributed by atoms with Gasteiger partial charge < -0.3 is 5.11 Å². The molecule has 7 nitrogen and oxygen atoms in total. The highest BCUT2D eigenvalue weighted by atomic mass is 32.2. The lowest BCUT2D eigenvalue weighted by Crippen LogP contribution is -2.38. The Morgan fingerprint density at radius 2 is 2.00 bits per heavy atom. The molecule has 0 aliphatic carbocycles. The zero-order chi connectivity index (χ0) is 19.7. The molecule has 27 heavy (non-hydrogen) atoms. The predicted octanol–water partition coefficient (Wildman–Crippen LogP) is 2.01. The lowest BCUT2D eigenvalue weighted by Gasteiger charge is -2.26. The van der Waals surface area contributed by atoms with Gasteiger partial charge in [0.1, 0.15) is 5.69 Å². The van der Waals surface area contributed by atoms with Gasteiger partial charge in [0.2, 0.25) is 15.9 Å². The quantitative estimate of drug-likeness (QED) is 0.850. The molecule has 2 aromatic rings. The minimum absolute atomic E-state index is 0.111. The largest absolute Gasteiger partial charge is 0.493 e. The lowest BCUT2D eigenvalue weighted by atomic mass is 10.2. The molecule has 11 heteroatoms. The van der Waals surface area contributed by atoms with E-state index in [1.165, 1.54) is 21.9 Å². The average molecular weight is 403 g/mol. The van der Waals surface area contributed by atoms with E-state index in [2.05, 4.69) is 0 Å². The van der Waals surface area contributed by atoms with Crippen molar-refractivity contribution in [3.8, 4) is 11.6 Å². The van der Waals surface area contributed by atoms with Crippen LogP contribution in [0.4, 0.5) is 13.2 Å². The molecule has 4 rings (SSSR count). The van der Waals surface area contributed by atoms with Crippen molar-refractivity contribution in [2.75, 3.05) is 12.3 Å². The molecule has 0 spiro atoms. The lowest BCUT2D eigenvalue weighted by molar-refractivity contribution is -0.137. The van der Waals surface area contributed by atoms with Gasteiger partial charge in [-0.1, -0.05) is 6.07 Å². The van der Waals surface area contributed by atoms with Crippen LogP contribution in [0, 0.1) is 0 Å². The predicted molar refractivity (Wildman–Crippen MR) is 89.3 cm³/mol. The van der Waals surface area contributed by atoms with Crippen LogP contribution in [0.3, 0.4) is 0 Å². The number of rotatable bonds is 3. The van der Waals surface area contributed by atoms with Crippen LogP contribution in [0.5, 0.6) is 5.88 Å². The van der Waals surface area contributed by atoms with Gasteiger partial charge in [-0.05, 0) is 31.5 Å². The molecule has 0 saturated carbocycles. The molecule has 0 amide bonds. The highest BCUT2D eigenvalue weighted by Crippen LogP contribution is 2.49. The third-order valence-electron chi connectivity index (χ3n) is 5.17. The van der Waals surface area contributed by atoms with Gasteiger partial charge in [0.25, 0.3) is 0 Å². The van der Waals surface area contributed by atoms with Crippen LogP contribution >= 0.6 is 0 Å². The van der Waals surface area contributed by atoms with Crippen molar-refractivity contribution in [2.24, 2.45) is 0 Å². The normalized spacial score (nSPS) is 22.4. The van der Waals surface area contributed by atoms with E-state index >= 15 is 0 Å². The smallest absolute Gasteiger partial charge is 0.416 e. The summed E-state index contributed by atoms with van der Waals surface area (Å²) in [7, 11) is -3.53. The van der Waals surface area contributed by atoms with E-state index in [1.54, 1.807) is 0 Å². The van der Waals surface area contributed by atoms with Crippen LogP contribution < -0.4 is 5.69 Å². The molecule has 0 radical (unpaired) electrons. The molecule has 1 aromatic heterocycles. The van der Waals surface area contributed by atoms with Crippen molar-refractivity contribution in [3.05, 3.63) is 46.0 Å². The minimum atomic E-state index is -4.59. The first-order valence-corrected chi connectivity index (χ1v) is 9.90. The maximum absolute atomic E-state index is 13.0. The van der Waals surface area contributed by atoms with E-state index < -0.39 is 45.4 Å². The van der Waals surface area contributed by atoms with E-state index in [0.29, 0.717) is 6.42 Å². The Bertz CT molecular complexity index is 1090. The van der Waals surface area contributed by atoms with Gasteiger partial charge in [0.15, 0.2) is 0 Å². The van der Waals surface area contributed by atoms with E-state index in [-0.39, 0.29) is 23.7 Å². The minimum Gasteiger partial charge on any atom is -0.493 e. The number of sulfonamides is 1. The van der Waals surface area contributed by atoms with Crippen molar-refractivity contribution < 1.29 is 26.7 Å². The molecule has 1 saturated heterocycles. The van der Waals surface area contributed by atoms with Gasteiger partial charge in [-0.25, -0.2) is 17.8 Å². The Morgan fingerprint density at radius 1 is 1.30 bits per heavy atom. The summed E-state index contributed by atoms with van der Waals surface area (Å²) in [6.07, 6.45) is -4.23. The summed E-state index contributed by atoms with van der Waals surface area (Å²) in [5.74, 6) is -0.641. The second kappa shape index (κ2) is 5.61. The van der Waals surface area contributed by atoms with Gasteiger partial charge in [-0.2, -0.15) is 17.5 Å². The summed E-state index contributed by atoms with van der Waals surface area (Å²) in [4.78, 5) is 12.8. The van der Waals surface area contributed by atoms with Crippen LogP contribution in [-0.4, -0.2) is 39.3 Å². The number of hydrogen-bond acceptors (Lipinski definition) is 4. The number of benzene rings is 1. The van der Waals surface area contributed by atoms with E-state index in [9.17, 15) is 31.5 Å². The first kappa shape index (κ1) is 18.1. The van der Waals surface area contributed by atoms with E-state index in [0.717, 1.165) is 22.8 Å². The first-order chi connectivity index (χ1) is 12.6. The van der Waals surface area contributed by atoms with Gasteiger partial charge in [0, 0.05) is 6.54 Å². The molecule has 1 N–H and O–H groups in total. The van der Waals surface area contributed by atoms with E-state index in [1.807, 2.05) is 0 Å². The number of aromatic hydroxyl groups is 1. The van der Waals surface area contributed by atoms with Gasteiger partial charge >= 0.3 is 11.9 Å². The van der Waals surface area contributed by atoms with Gasteiger partial charge in [-0.15, -0.1) is 0 Å². The first-order valence-electron chi connectivity index (χ1n) is 8.29.